The highest BCUT2D eigenvalue weighted by Gasteiger charge is 2.40. The maximum absolute atomic E-state index is 12.9. The zero-order chi connectivity index (χ0) is 26.7. The third-order valence-corrected chi connectivity index (χ3v) is 7.47. The first-order valence-electron chi connectivity index (χ1n) is 12.5. The maximum atomic E-state index is 12.9. The molecule has 9 heteroatoms. The van der Waals surface area contributed by atoms with Crippen LogP contribution in [0.5, 0.6) is 0 Å². The van der Waals surface area contributed by atoms with E-state index in [1.54, 1.807) is 18.1 Å². The van der Waals surface area contributed by atoms with Crippen molar-refractivity contribution in [2.45, 2.75) is 51.7 Å². The van der Waals surface area contributed by atoms with Crippen molar-refractivity contribution in [1.82, 2.24) is 14.5 Å². The molecule has 5 rings (SSSR count). The van der Waals surface area contributed by atoms with Crippen LogP contribution in [0.25, 0.3) is 16.6 Å². The molecule has 37 heavy (non-hydrogen) atoms. The fourth-order valence-corrected chi connectivity index (χ4v) is 5.68. The number of hydrogen-bond donors (Lipinski definition) is 0. The first-order valence-corrected chi connectivity index (χ1v) is 12.9. The van der Waals surface area contributed by atoms with Crippen LogP contribution in [0.4, 0.5) is 10.5 Å². The Bertz CT molecular complexity index is 1440. The number of halogens is 1. The molecule has 0 spiro atoms. The Kier molecular flexibility index (Phi) is 6.23. The fourth-order valence-electron chi connectivity index (χ4n) is 5.43. The third-order valence-electron chi connectivity index (χ3n) is 7.16. The predicted octanol–water partition coefficient (Wildman–Crippen LogP) is 4.75. The van der Waals surface area contributed by atoms with Gasteiger partial charge in [0.15, 0.2) is 0 Å². The number of piperazine rings is 1. The van der Waals surface area contributed by atoms with Crippen molar-refractivity contribution in [2.75, 3.05) is 38.3 Å². The molecule has 2 aliphatic heterocycles. The molecule has 8 nitrogen and oxygen atoms in total. The highest BCUT2D eigenvalue weighted by molar-refractivity contribution is 6.35. The molecule has 0 aliphatic carbocycles. The summed E-state index contributed by atoms with van der Waals surface area (Å²) < 4.78 is 13.2. The lowest BCUT2D eigenvalue weighted by atomic mass is 9.85. The molecule has 1 amide bonds. The molecule has 0 bridgehead atoms. The van der Waals surface area contributed by atoms with Crippen LogP contribution in [-0.4, -0.2) is 65.5 Å². The summed E-state index contributed by atoms with van der Waals surface area (Å²) in [6.45, 7) is 12.0. The summed E-state index contributed by atoms with van der Waals surface area (Å²) in [7, 11) is 1.64. The number of nitrogens with zero attached hydrogens (tertiary/aromatic N) is 4. The fraction of sp³-hybridized carbons (Fsp3) is 0.464. The Labute approximate surface area is 221 Å². The number of methoxy groups -OCH3 is 1. The normalized spacial score (nSPS) is 18.6. The van der Waals surface area contributed by atoms with E-state index >= 15 is 0 Å². The number of carbonyl (C=O) groups is 1. The Morgan fingerprint density at radius 2 is 1.95 bits per heavy atom. The van der Waals surface area contributed by atoms with Crippen LogP contribution in [0, 0.1) is 0 Å². The van der Waals surface area contributed by atoms with Gasteiger partial charge in [-0.15, -0.1) is 0 Å². The van der Waals surface area contributed by atoms with Gasteiger partial charge in [0.25, 0.3) is 5.56 Å². The molecule has 3 heterocycles. The summed E-state index contributed by atoms with van der Waals surface area (Å²) in [4.78, 5) is 34.3. The average molecular weight is 525 g/mol. The molecule has 1 aromatic heterocycles. The van der Waals surface area contributed by atoms with Crippen molar-refractivity contribution in [3.05, 3.63) is 63.2 Å². The van der Waals surface area contributed by atoms with Crippen molar-refractivity contribution in [2.24, 2.45) is 0 Å². The number of ether oxygens (including phenoxy) is 2. The van der Waals surface area contributed by atoms with Gasteiger partial charge in [-0.25, -0.2) is 4.79 Å². The molecular formula is C28H33ClN4O4. The topological polar surface area (TPSA) is 76.9 Å². The second-order valence-corrected chi connectivity index (χ2v) is 11.7. The molecule has 2 aliphatic rings. The molecule has 2 aromatic carbocycles. The Morgan fingerprint density at radius 3 is 2.65 bits per heavy atom. The van der Waals surface area contributed by atoms with Crippen molar-refractivity contribution < 1.29 is 14.3 Å². The number of rotatable bonds is 3. The molecule has 0 saturated carbocycles. The van der Waals surface area contributed by atoms with E-state index in [4.69, 9.17) is 21.1 Å². The molecule has 0 unspecified atom stereocenters. The standard InChI is InChI=1S/C28H33ClN4O4/c1-27(2,3)37-26(35)32-13-12-31(15-18(32)16-36-6)17-10-11-19-22(14-17)33-21-9-7-8-20(29)23(21)24(34)30-25(33)28(19,4)5/h7-11,14,18H,12-13,15-16H2,1-6H3/t18-/m0/s1. The molecular weight excluding hydrogens is 492 g/mol. The highest BCUT2D eigenvalue weighted by atomic mass is 35.5. The number of benzene rings is 2. The highest BCUT2D eigenvalue weighted by Crippen LogP contribution is 2.44. The monoisotopic (exact) mass is 524 g/mol. The molecule has 3 aromatic rings. The molecule has 1 saturated heterocycles. The zero-order valence-corrected chi connectivity index (χ0v) is 22.9. The lowest BCUT2D eigenvalue weighted by molar-refractivity contribution is 0.00343. The van der Waals surface area contributed by atoms with Crippen molar-refractivity contribution in [1.29, 1.82) is 0 Å². The third kappa shape index (κ3) is 4.36. The number of fused-ring (bicyclic) bond motifs is 5. The van der Waals surface area contributed by atoms with E-state index in [0.29, 0.717) is 42.5 Å². The van der Waals surface area contributed by atoms with Gasteiger partial charge >= 0.3 is 6.09 Å². The van der Waals surface area contributed by atoms with Crippen LogP contribution in [0.1, 0.15) is 46.0 Å². The zero-order valence-electron chi connectivity index (χ0n) is 22.2. The van der Waals surface area contributed by atoms with E-state index in [9.17, 15) is 9.59 Å². The van der Waals surface area contributed by atoms with Gasteiger partial charge in [0.2, 0.25) is 0 Å². The van der Waals surface area contributed by atoms with Crippen LogP contribution < -0.4 is 10.5 Å². The molecule has 0 radical (unpaired) electrons. The van der Waals surface area contributed by atoms with Crippen molar-refractivity contribution in [3.63, 3.8) is 0 Å². The minimum atomic E-state index is -0.563. The second-order valence-electron chi connectivity index (χ2n) is 11.3. The number of aromatic nitrogens is 2. The van der Waals surface area contributed by atoms with E-state index in [2.05, 4.69) is 46.5 Å². The predicted molar refractivity (Wildman–Crippen MR) is 145 cm³/mol. The molecule has 1 atom stereocenters. The minimum Gasteiger partial charge on any atom is -0.444 e. The Morgan fingerprint density at radius 1 is 1.19 bits per heavy atom. The summed E-state index contributed by atoms with van der Waals surface area (Å²) in [6.07, 6.45) is -0.322. The van der Waals surface area contributed by atoms with E-state index < -0.39 is 11.0 Å². The van der Waals surface area contributed by atoms with Crippen molar-refractivity contribution >= 4 is 34.3 Å². The average Bonchev–Trinajstić information content (AvgIpc) is 3.04. The lowest BCUT2D eigenvalue weighted by Gasteiger charge is -2.42. The number of carbonyl (C=O) groups excluding carboxylic acids is 1. The van der Waals surface area contributed by atoms with Crippen LogP contribution in [0.2, 0.25) is 5.02 Å². The van der Waals surface area contributed by atoms with Crippen molar-refractivity contribution in [3.8, 4) is 5.69 Å². The quantitative estimate of drug-likeness (QED) is 0.492. The first kappa shape index (κ1) is 25.5. The molecule has 1 fully saturated rings. The van der Waals surface area contributed by atoms with Gasteiger partial charge in [0.1, 0.15) is 11.4 Å². The number of amides is 1. The van der Waals surface area contributed by atoms with E-state index in [1.165, 1.54) is 0 Å². The van der Waals surface area contributed by atoms with Gasteiger partial charge in [0.05, 0.1) is 39.7 Å². The van der Waals surface area contributed by atoms with Gasteiger partial charge in [-0.1, -0.05) is 23.7 Å². The van der Waals surface area contributed by atoms with Crippen LogP contribution in [0.15, 0.2) is 41.2 Å². The minimum absolute atomic E-state index is 0.150. The Balaban J connectivity index is 1.54. The van der Waals surface area contributed by atoms with Gasteiger partial charge < -0.3 is 14.4 Å². The van der Waals surface area contributed by atoms with Gasteiger partial charge in [-0.2, -0.15) is 4.98 Å². The molecule has 196 valence electrons. The van der Waals surface area contributed by atoms with E-state index in [-0.39, 0.29) is 17.7 Å². The summed E-state index contributed by atoms with van der Waals surface area (Å²) >= 11 is 6.42. The maximum Gasteiger partial charge on any atom is 0.410 e. The number of anilines is 1. The van der Waals surface area contributed by atoms with Crippen LogP contribution in [-0.2, 0) is 14.9 Å². The van der Waals surface area contributed by atoms with E-state index in [1.807, 2.05) is 32.9 Å². The number of hydrogen-bond acceptors (Lipinski definition) is 6. The summed E-state index contributed by atoms with van der Waals surface area (Å²) in [5.74, 6) is 0.700. The molecule has 0 N–H and O–H groups in total. The second kappa shape index (κ2) is 9.03. The Hall–Kier alpha value is -3.10. The van der Waals surface area contributed by atoms with Gasteiger partial charge in [-0.05, 0) is 64.4 Å². The summed E-state index contributed by atoms with van der Waals surface area (Å²) in [5, 5.41) is 0.821. The lowest BCUT2D eigenvalue weighted by Crippen LogP contribution is -2.57. The SMILES string of the molecule is COC[C@@H]1CN(c2ccc3c(c2)-n2c(nc(=O)c4c(Cl)cccc42)C3(C)C)CCN1C(=O)OC(C)(C)C. The van der Waals surface area contributed by atoms with Crippen LogP contribution >= 0.6 is 11.6 Å². The van der Waals surface area contributed by atoms with Crippen LogP contribution in [0.3, 0.4) is 0 Å². The summed E-state index contributed by atoms with van der Waals surface area (Å²) in [6, 6.07) is 11.7. The smallest absolute Gasteiger partial charge is 0.410 e. The summed E-state index contributed by atoms with van der Waals surface area (Å²) in [5.41, 5.74) is 2.53. The first-order chi connectivity index (χ1) is 17.4. The van der Waals surface area contributed by atoms with E-state index in [0.717, 1.165) is 22.5 Å². The largest absolute Gasteiger partial charge is 0.444 e. The van der Waals surface area contributed by atoms with Gasteiger partial charge in [0, 0.05) is 32.4 Å². The van der Waals surface area contributed by atoms with Gasteiger partial charge in [-0.3, -0.25) is 14.3 Å².